The molecule has 0 spiro atoms. The van der Waals surface area contributed by atoms with Crippen LogP contribution in [0.4, 0.5) is 0 Å². The Morgan fingerprint density at radius 1 is 1.75 bits per heavy atom. The molecule has 0 aromatic rings. The standard InChI is InChI=1S/C6H7ClO/c1-3-4-6(7)5(2)8/h3-4H,1H2,2H3/b6-4-. The Morgan fingerprint density at radius 2 is 2.25 bits per heavy atom. The van der Waals surface area contributed by atoms with Crippen molar-refractivity contribution in [2.24, 2.45) is 0 Å². The zero-order valence-electron chi connectivity index (χ0n) is 4.65. The number of rotatable bonds is 2. The minimum atomic E-state index is -0.133. The van der Waals surface area contributed by atoms with Crippen molar-refractivity contribution in [3.63, 3.8) is 0 Å². The topological polar surface area (TPSA) is 17.1 Å². The van der Waals surface area contributed by atoms with E-state index in [0.29, 0.717) is 0 Å². The van der Waals surface area contributed by atoms with Gasteiger partial charge in [-0.15, -0.1) is 0 Å². The van der Waals surface area contributed by atoms with Gasteiger partial charge in [-0.1, -0.05) is 24.3 Å². The molecule has 0 saturated heterocycles. The molecule has 0 radical (unpaired) electrons. The second kappa shape index (κ2) is 3.44. The van der Waals surface area contributed by atoms with Crippen molar-refractivity contribution in [1.29, 1.82) is 0 Å². The van der Waals surface area contributed by atoms with E-state index in [9.17, 15) is 4.79 Å². The third kappa shape index (κ3) is 2.59. The van der Waals surface area contributed by atoms with E-state index in [4.69, 9.17) is 11.6 Å². The Kier molecular flexibility index (Phi) is 3.20. The maximum Gasteiger partial charge on any atom is 0.171 e. The van der Waals surface area contributed by atoms with Crippen molar-refractivity contribution in [2.75, 3.05) is 0 Å². The van der Waals surface area contributed by atoms with Gasteiger partial charge >= 0.3 is 0 Å². The van der Waals surface area contributed by atoms with Crippen LogP contribution in [0.2, 0.25) is 0 Å². The highest BCUT2D eigenvalue weighted by Crippen LogP contribution is 2.00. The van der Waals surface area contributed by atoms with Gasteiger partial charge in [0, 0.05) is 6.92 Å². The second-order valence-electron chi connectivity index (χ2n) is 1.31. The Labute approximate surface area is 53.6 Å². The molecule has 0 heterocycles. The molecular formula is C6H7ClO. The molecule has 0 bridgehead atoms. The molecule has 8 heavy (non-hydrogen) atoms. The predicted octanol–water partition coefficient (Wildman–Crippen LogP) is 1.88. The lowest BCUT2D eigenvalue weighted by atomic mass is 10.4. The molecule has 0 aliphatic rings. The summed E-state index contributed by atoms with van der Waals surface area (Å²) in [5, 5.41) is 0.222. The number of Topliss-reactive ketones (excluding diaryl/α,β-unsaturated/α-hetero) is 1. The quantitative estimate of drug-likeness (QED) is 0.412. The number of halogens is 1. The van der Waals surface area contributed by atoms with Gasteiger partial charge in [0.1, 0.15) is 0 Å². The van der Waals surface area contributed by atoms with Crippen LogP contribution in [-0.4, -0.2) is 5.78 Å². The Bertz CT molecular complexity index is 135. The summed E-state index contributed by atoms with van der Waals surface area (Å²) < 4.78 is 0. The molecule has 44 valence electrons. The highest BCUT2D eigenvalue weighted by Gasteiger charge is 1.93. The van der Waals surface area contributed by atoms with Crippen LogP contribution in [0.5, 0.6) is 0 Å². The van der Waals surface area contributed by atoms with E-state index in [-0.39, 0.29) is 10.8 Å². The lowest BCUT2D eigenvalue weighted by Crippen LogP contribution is -1.86. The zero-order valence-corrected chi connectivity index (χ0v) is 5.40. The molecule has 0 N–H and O–H groups in total. The fourth-order valence-corrected chi connectivity index (χ4v) is 0.310. The molecule has 1 nitrogen and oxygen atoms in total. The minimum absolute atomic E-state index is 0.133. The van der Waals surface area contributed by atoms with E-state index < -0.39 is 0 Å². The van der Waals surface area contributed by atoms with Gasteiger partial charge in [0.15, 0.2) is 5.78 Å². The SMILES string of the molecule is C=C/C=C(\Cl)C(C)=O. The van der Waals surface area contributed by atoms with Crippen LogP contribution in [0.1, 0.15) is 6.92 Å². The summed E-state index contributed by atoms with van der Waals surface area (Å²) in [4.78, 5) is 10.3. The molecule has 0 saturated carbocycles. The van der Waals surface area contributed by atoms with Gasteiger partial charge in [-0.25, -0.2) is 0 Å². The third-order valence-electron chi connectivity index (χ3n) is 0.601. The highest BCUT2D eigenvalue weighted by molar-refractivity contribution is 6.42. The number of hydrogen-bond acceptors (Lipinski definition) is 1. The van der Waals surface area contributed by atoms with Crippen molar-refractivity contribution in [3.05, 3.63) is 23.8 Å². The normalized spacial score (nSPS) is 11.0. The molecular weight excluding hydrogens is 124 g/mol. The molecule has 0 aromatic heterocycles. The average molecular weight is 131 g/mol. The molecule has 0 aromatic carbocycles. The van der Waals surface area contributed by atoms with Crippen LogP contribution in [0.3, 0.4) is 0 Å². The number of hydrogen-bond donors (Lipinski definition) is 0. The average Bonchev–Trinajstić information content (AvgIpc) is 1.67. The minimum Gasteiger partial charge on any atom is -0.294 e. The first-order valence-electron chi connectivity index (χ1n) is 2.17. The summed E-state index contributed by atoms with van der Waals surface area (Å²) >= 11 is 5.36. The van der Waals surface area contributed by atoms with Gasteiger partial charge in [-0.2, -0.15) is 0 Å². The molecule has 0 rings (SSSR count). The first-order valence-corrected chi connectivity index (χ1v) is 2.55. The van der Waals surface area contributed by atoms with E-state index in [0.717, 1.165) is 0 Å². The van der Waals surface area contributed by atoms with Gasteiger partial charge in [0.05, 0.1) is 5.03 Å². The van der Waals surface area contributed by atoms with Gasteiger partial charge in [-0.05, 0) is 6.08 Å². The smallest absolute Gasteiger partial charge is 0.171 e. The first kappa shape index (κ1) is 7.44. The van der Waals surface area contributed by atoms with Crippen molar-refractivity contribution < 1.29 is 4.79 Å². The van der Waals surface area contributed by atoms with Gasteiger partial charge in [-0.3, -0.25) is 4.79 Å². The van der Waals surface area contributed by atoms with Crippen LogP contribution in [-0.2, 0) is 4.79 Å². The van der Waals surface area contributed by atoms with Crippen LogP contribution < -0.4 is 0 Å². The second-order valence-corrected chi connectivity index (χ2v) is 1.71. The molecule has 0 unspecified atom stereocenters. The first-order chi connectivity index (χ1) is 3.68. The van der Waals surface area contributed by atoms with Gasteiger partial charge < -0.3 is 0 Å². The van der Waals surface area contributed by atoms with E-state index in [1.807, 2.05) is 0 Å². The molecule has 0 fully saturated rings. The molecule has 0 aliphatic carbocycles. The molecule has 0 atom stereocenters. The predicted molar refractivity (Wildman–Crippen MR) is 34.8 cm³/mol. The number of carbonyl (C=O) groups excluding carboxylic acids is 1. The van der Waals surface area contributed by atoms with Crippen molar-refractivity contribution in [2.45, 2.75) is 6.92 Å². The van der Waals surface area contributed by atoms with Gasteiger partial charge in [0.25, 0.3) is 0 Å². The van der Waals surface area contributed by atoms with Crippen molar-refractivity contribution in [3.8, 4) is 0 Å². The molecule has 0 aliphatic heterocycles. The summed E-state index contributed by atoms with van der Waals surface area (Å²) in [5.41, 5.74) is 0. The number of allylic oxidation sites excluding steroid dienone is 3. The summed E-state index contributed by atoms with van der Waals surface area (Å²) in [6.07, 6.45) is 2.94. The fourth-order valence-electron chi connectivity index (χ4n) is 0.221. The summed E-state index contributed by atoms with van der Waals surface area (Å²) in [6, 6.07) is 0. The summed E-state index contributed by atoms with van der Waals surface area (Å²) in [5.74, 6) is -0.133. The maximum absolute atomic E-state index is 10.3. The summed E-state index contributed by atoms with van der Waals surface area (Å²) in [6.45, 7) is 4.78. The molecule has 2 heteroatoms. The van der Waals surface area contributed by atoms with Gasteiger partial charge in [0.2, 0.25) is 0 Å². The van der Waals surface area contributed by atoms with E-state index >= 15 is 0 Å². The van der Waals surface area contributed by atoms with Crippen LogP contribution in [0, 0.1) is 0 Å². The monoisotopic (exact) mass is 130 g/mol. The Balaban J connectivity index is 3.99. The summed E-state index contributed by atoms with van der Waals surface area (Å²) in [7, 11) is 0. The van der Waals surface area contributed by atoms with Crippen LogP contribution >= 0.6 is 11.6 Å². The lowest BCUT2D eigenvalue weighted by molar-refractivity contribution is -0.113. The largest absolute Gasteiger partial charge is 0.294 e. The van der Waals surface area contributed by atoms with Crippen LogP contribution in [0.15, 0.2) is 23.8 Å². The van der Waals surface area contributed by atoms with Crippen molar-refractivity contribution >= 4 is 17.4 Å². The zero-order chi connectivity index (χ0) is 6.57. The van der Waals surface area contributed by atoms with E-state index in [1.165, 1.54) is 19.1 Å². The Hall–Kier alpha value is -0.560. The Morgan fingerprint density at radius 3 is 2.38 bits per heavy atom. The van der Waals surface area contributed by atoms with E-state index in [1.54, 1.807) is 0 Å². The van der Waals surface area contributed by atoms with E-state index in [2.05, 4.69) is 6.58 Å². The maximum atomic E-state index is 10.3. The van der Waals surface area contributed by atoms with Crippen LogP contribution in [0.25, 0.3) is 0 Å². The lowest BCUT2D eigenvalue weighted by Gasteiger charge is -1.83. The van der Waals surface area contributed by atoms with Crippen molar-refractivity contribution in [1.82, 2.24) is 0 Å². The molecule has 0 amide bonds. The fraction of sp³-hybridized carbons (Fsp3) is 0.167. The third-order valence-corrected chi connectivity index (χ3v) is 0.993. The highest BCUT2D eigenvalue weighted by atomic mass is 35.5. The number of ketones is 1. The number of carbonyl (C=O) groups is 1.